The van der Waals surface area contributed by atoms with E-state index in [9.17, 15) is 9.18 Å². The Bertz CT molecular complexity index is 729. The fraction of sp³-hybridized carbons (Fsp3) is 0.381. The summed E-state index contributed by atoms with van der Waals surface area (Å²) < 4.78 is 24.1. The van der Waals surface area contributed by atoms with E-state index in [-0.39, 0.29) is 17.8 Å². The van der Waals surface area contributed by atoms with Crippen molar-refractivity contribution in [3.8, 4) is 5.75 Å². The second-order valence-corrected chi connectivity index (χ2v) is 6.68. The van der Waals surface area contributed by atoms with Gasteiger partial charge in [0.25, 0.3) is 5.91 Å². The largest absolute Gasteiger partial charge is 0.496 e. The van der Waals surface area contributed by atoms with Crippen molar-refractivity contribution >= 4 is 5.91 Å². The Morgan fingerprint density at radius 2 is 1.81 bits per heavy atom. The number of methoxy groups -OCH3 is 1. The molecule has 4 nitrogen and oxygen atoms in total. The summed E-state index contributed by atoms with van der Waals surface area (Å²) in [7, 11) is 1.59. The molecule has 2 aromatic carbocycles. The van der Waals surface area contributed by atoms with E-state index in [0.717, 1.165) is 11.1 Å². The summed E-state index contributed by atoms with van der Waals surface area (Å²) in [5, 5.41) is 2.93. The van der Waals surface area contributed by atoms with Crippen molar-refractivity contribution in [3.05, 3.63) is 65.0 Å². The van der Waals surface area contributed by atoms with Crippen LogP contribution in [0, 0.1) is 11.7 Å². The fourth-order valence-electron chi connectivity index (χ4n) is 2.55. The third kappa shape index (κ3) is 5.56. The molecule has 0 bridgehead atoms. The molecular weight excluding hydrogens is 333 g/mol. The highest BCUT2D eigenvalue weighted by molar-refractivity contribution is 5.94. The molecule has 0 aromatic heterocycles. The Hall–Kier alpha value is -2.40. The van der Waals surface area contributed by atoms with Crippen LogP contribution in [0.3, 0.4) is 0 Å². The molecule has 0 aliphatic carbocycles. The second-order valence-electron chi connectivity index (χ2n) is 6.68. The normalized spacial score (nSPS) is 12.1. The minimum absolute atomic E-state index is 0.199. The summed E-state index contributed by atoms with van der Waals surface area (Å²) in [4.78, 5) is 12.6. The minimum atomic E-state index is -0.298. The first-order chi connectivity index (χ1) is 12.4. The zero-order valence-electron chi connectivity index (χ0n) is 15.7. The molecule has 0 aliphatic heterocycles. The van der Waals surface area contributed by atoms with Crippen molar-refractivity contribution < 1.29 is 18.7 Å². The van der Waals surface area contributed by atoms with Crippen molar-refractivity contribution in [1.82, 2.24) is 5.32 Å². The maximum Gasteiger partial charge on any atom is 0.251 e. The van der Waals surface area contributed by atoms with Crippen molar-refractivity contribution in [2.24, 2.45) is 5.92 Å². The molecule has 0 fully saturated rings. The average Bonchev–Trinajstić information content (AvgIpc) is 2.61. The standard InChI is InChI=1S/C21H26FNO3/c1-14(2)12-26-13-18-11-17(7-10-20(18)25-4)21(24)23-15(3)16-5-8-19(22)9-6-16/h5-11,14-15H,12-13H2,1-4H3,(H,23,24)/t15-/m0/s1. The van der Waals surface area contributed by atoms with E-state index in [2.05, 4.69) is 19.2 Å². The zero-order valence-corrected chi connectivity index (χ0v) is 15.7. The van der Waals surface area contributed by atoms with E-state index < -0.39 is 0 Å². The lowest BCUT2D eigenvalue weighted by Gasteiger charge is -2.16. The van der Waals surface area contributed by atoms with E-state index in [1.807, 2.05) is 6.92 Å². The van der Waals surface area contributed by atoms with Gasteiger partial charge in [-0.05, 0) is 48.7 Å². The molecule has 5 heteroatoms. The molecular formula is C21H26FNO3. The predicted octanol–water partition coefficient (Wildman–Crippen LogP) is 4.50. The number of hydrogen-bond donors (Lipinski definition) is 1. The highest BCUT2D eigenvalue weighted by atomic mass is 19.1. The third-order valence-corrected chi connectivity index (χ3v) is 3.97. The van der Waals surface area contributed by atoms with Crippen LogP contribution in [0.4, 0.5) is 4.39 Å². The molecule has 140 valence electrons. The molecule has 0 aliphatic rings. The van der Waals surface area contributed by atoms with E-state index >= 15 is 0 Å². The van der Waals surface area contributed by atoms with Crippen LogP contribution < -0.4 is 10.1 Å². The fourth-order valence-corrected chi connectivity index (χ4v) is 2.55. The van der Waals surface area contributed by atoms with Gasteiger partial charge in [0.15, 0.2) is 0 Å². The van der Waals surface area contributed by atoms with Gasteiger partial charge in [-0.15, -0.1) is 0 Å². The smallest absolute Gasteiger partial charge is 0.251 e. The highest BCUT2D eigenvalue weighted by Crippen LogP contribution is 2.22. The predicted molar refractivity (Wildman–Crippen MR) is 99.8 cm³/mol. The van der Waals surface area contributed by atoms with Gasteiger partial charge >= 0.3 is 0 Å². The quantitative estimate of drug-likeness (QED) is 0.755. The van der Waals surface area contributed by atoms with Crippen molar-refractivity contribution in [2.45, 2.75) is 33.4 Å². The first kappa shape index (κ1) is 19.9. The maximum atomic E-state index is 13.0. The van der Waals surface area contributed by atoms with Gasteiger partial charge in [0.05, 0.1) is 19.8 Å². The van der Waals surface area contributed by atoms with E-state index in [0.29, 0.717) is 30.4 Å². The summed E-state index contributed by atoms with van der Waals surface area (Å²) in [6.07, 6.45) is 0. The Kier molecular flexibility index (Phi) is 7.16. The first-order valence-corrected chi connectivity index (χ1v) is 8.71. The van der Waals surface area contributed by atoms with Gasteiger partial charge in [-0.25, -0.2) is 4.39 Å². The molecule has 0 unspecified atom stereocenters. The Morgan fingerprint density at radius 3 is 2.42 bits per heavy atom. The van der Waals surface area contributed by atoms with Crippen LogP contribution in [0.25, 0.3) is 0 Å². The van der Waals surface area contributed by atoms with Gasteiger partial charge in [0, 0.05) is 17.7 Å². The van der Waals surface area contributed by atoms with Crippen molar-refractivity contribution in [2.75, 3.05) is 13.7 Å². The van der Waals surface area contributed by atoms with Crippen LogP contribution in [0.1, 0.15) is 48.3 Å². The molecule has 1 N–H and O–H groups in total. The Morgan fingerprint density at radius 1 is 1.12 bits per heavy atom. The van der Waals surface area contributed by atoms with E-state index in [1.54, 1.807) is 37.4 Å². The molecule has 26 heavy (non-hydrogen) atoms. The van der Waals surface area contributed by atoms with Gasteiger partial charge in [-0.1, -0.05) is 26.0 Å². The van der Waals surface area contributed by atoms with E-state index in [4.69, 9.17) is 9.47 Å². The van der Waals surface area contributed by atoms with Crippen LogP contribution >= 0.6 is 0 Å². The van der Waals surface area contributed by atoms with Gasteiger partial charge in [-0.3, -0.25) is 4.79 Å². The van der Waals surface area contributed by atoms with Gasteiger partial charge in [0.1, 0.15) is 11.6 Å². The number of nitrogens with one attached hydrogen (secondary N) is 1. The van der Waals surface area contributed by atoms with Crippen LogP contribution in [0.5, 0.6) is 5.75 Å². The van der Waals surface area contributed by atoms with Gasteiger partial charge in [0.2, 0.25) is 0 Å². The number of amides is 1. The second kappa shape index (κ2) is 9.34. The number of halogens is 1. The Labute approximate surface area is 154 Å². The summed E-state index contributed by atoms with van der Waals surface area (Å²) in [6.45, 7) is 7.05. The van der Waals surface area contributed by atoms with Crippen LogP contribution in [0.15, 0.2) is 42.5 Å². The maximum absolute atomic E-state index is 13.0. The molecule has 0 radical (unpaired) electrons. The highest BCUT2D eigenvalue weighted by Gasteiger charge is 2.14. The monoisotopic (exact) mass is 359 g/mol. The summed E-state index contributed by atoms with van der Waals surface area (Å²) >= 11 is 0. The van der Waals surface area contributed by atoms with E-state index in [1.165, 1.54) is 12.1 Å². The number of ether oxygens (including phenoxy) is 2. The summed E-state index contributed by atoms with van der Waals surface area (Å²) in [6, 6.07) is 11.1. The number of benzene rings is 2. The van der Waals surface area contributed by atoms with Crippen LogP contribution in [-0.4, -0.2) is 19.6 Å². The molecule has 2 rings (SSSR count). The topological polar surface area (TPSA) is 47.6 Å². The SMILES string of the molecule is COc1ccc(C(=O)N[C@@H](C)c2ccc(F)cc2)cc1COCC(C)C. The van der Waals surface area contributed by atoms with Crippen molar-refractivity contribution in [1.29, 1.82) is 0 Å². The molecule has 0 heterocycles. The number of carbonyl (C=O) groups excluding carboxylic acids is 1. The molecule has 0 saturated heterocycles. The molecule has 2 aromatic rings. The molecule has 1 atom stereocenters. The summed E-state index contributed by atoms with van der Waals surface area (Å²) in [5.41, 5.74) is 2.20. The van der Waals surface area contributed by atoms with Gasteiger partial charge < -0.3 is 14.8 Å². The first-order valence-electron chi connectivity index (χ1n) is 8.71. The molecule has 0 spiro atoms. The van der Waals surface area contributed by atoms with Crippen molar-refractivity contribution in [3.63, 3.8) is 0 Å². The lowest BCUT2D eigenvalue weighted by Crippen LogP contribution is -2.26. The number of hydrogen-bond acceptors (Lipinski definition) is 3. The average molecular weight is 359 g/mol. The van der Waals surface area contributed by atoms with Crippen LogP contribution in [0.2, 0.25) is 0 Å². The molecule has 1 amide bonds. The number of carbonyl (C=O) groups is 1. The molecule has 0 saturated carbocycles. The lowest BCUT2D eigenvalue weighted by molar-refractivity contribution is 0.0930. The van der Waals surface area contributed by atoms with Crippen LogP contribution in [-0.2, 0) is 11.3 Å². The number of rotatable bonds is 8. The zero-order chi connectivity index (χ0) is 19.1. The minimum Gasteiger partial charge on any atom is -0.496 e. The summed E-state index contributed by atoms with van der Waals surface area (Å²) in [5.74, 6) is 0.629. The Balaban J connectivity index is 2.08. The third-order valence-electron chi connectivity index (χ3n) is 3.97. The lowest BCUT2D eigenvalue weighted by atomic mass is 10.1. The van der Waals surface area contributed by atoms with Gasteiger partial charge in [-0.2, -0.15) is 0 Å².